The van der Waals surface area contributed by atoms with Crippen molar-refractivity contribution in [2.75, 3.05) is 26.2 Å². The molecular weight excluding hydrogens is 372 g/mol. The number of para-hydroxylation sites is 1. The highest BCUT2D eigenvalue weighted by molar-refractivity contribution is 5.82. The van der Waals surface area contributed by atoms with Gasteiger partial charge in [0, 0.05) is 75.5 Å². The number of nitrogens with one attached hydrogen (secondary N) is 1. The summed E-state index contributed by atoms with van der Waals surface area (Å²) < 4.78 is 6.79. The highest BCUT2D eigenvalue weighted by Gasteiger charge is 2.41. The molecule has 1 aromatic carbocycles. The van der Waals surface area contributed by atoms with E-state index in [1.165, 1.54) is 35.9 Å². The van der Waals surface area contributed by atoms with E-state index in [0.29, 0.717) is 0 Å². The van der Waals surface area contributed by atoms with Gasteiger partial charge in [0.05, 0.1) is 11.7 Å². The van der Waals surface area contributed by atoms with Crippen LogP contribution in [0, 0.1) is 5.92 Å². The maximum atomic E-state index is 6.79. The van der Waals surface area contributed by atoms with Crippen molar-refractivity contribution < 1.29 is 4.74 Å². The summed E-state index contributed by atoms with van der Waals surface area (Å²) in [7, 11) is 0. The molecule has 1 N–H and O–H groups in total. The summed E-state index contributed by atoms with van der Waals surface area (Å²) in [6.45, 7) is 6.47. The Labute approximate surface area is 178 Å². The van der Waals surface area contributed by atoms with E-state index in [9.17, 15) is 0 Å². The minimum Gasteiger partial charge on any atom is -0.486 e. The second-order valence-corrected chi connectivity index (χ2v) is 9.52. The van der Waals surface area contributed by atoms with Gasteiger partial charge in [-0.25, -0.2) is 0 Å². The van der Waals surface area contributed by atoms with Crippen LogP contribution in [-0.4, -0.2) is 51.5 Å². The van der Waals surface area contributed by atoms with Gasteiger partial charge in [-0.1, -0.05) is 18.2 Å². The average Bonchev–Trinajstić information content (AvgIpc) is 3.52. The fraction of sp³-hybridized carbons (Fsp3) is 0.480. The predicted molar refractivity (Wildman–Crippen MR) is 118 cm³/mol. The Hall–Kier alpha value is -2.37. The molecule has 1 spiro atoms. The number of nitrogens with zero attached hydrogens (tertiary/aromatic N) is 3. The molecule has 0 bridgehead atoms. The van der Waals surface area contributed by atoms with Crippen LogP contribution in [0.1, 0.15) is 36.8 Å². The van der Waals surface area contributed by atoms with E-state index in [4.69, 9.17) is 4.74 Å². The molecule has 0 radical (unpaired) electrons. The lowest BCUT2D eigenvalue weighted by atomic mass is 9.90. The molecule has 30 heavy (non-hydrogen) atoms. The second-order valence-electron chi connectivity index (χ2n) is 9.52. The third-order valence-corrected chi connectivity index (χ3v) is 7.15. The SMILES string of the molecule is c1ccc2c(c1)CN(CC1CC1)CC1(CCN(Cc3c[nH]c4cnccc34)CC1)O2. The molecule has 1 aliphatic carbocycles. The van der Waals surface area contributed by atoms with Crippen molar-refractivity contribution in [2.24, 2.45) is 5.92 Å². The van der Waals surface area contributed by atoms with Crippen LogP contribution in [0.2, 0.25) is 0 Å². The van der Waals surface area contributed by atoms with Crippen LogP contribution in [-0.2, 0) is 13.1 Å². The molecule has 3 aliphatic rings. The Morgan fingerprint density at radius 2 is 1.97 bits per heavy atom. The Morgan fingerprint density at radius 1 is 1.10 bits per heavy atom. The van der Waals surface area contributed by atoms with Crippen LogP contribution in [0.25, 0.3) is 10.9 Å². The molecule has 2 aliphatic heterocycles. The van der Waals surface area contributed by atoms with Crippen molar-refractivity contribution >= 4 is 10.9 Å². The standard InChI is InChI=1S/C25H30N4O/c1-2-4-24-20(3-1)16-29(15-19-5-6-19)18-25(30-24)8-11-28(12-9-25)17-21-13-27-23-14-26-10-7-22(21)23/h1-4,7,10,13-14,19,27H,5-6,8-9,11-12,15-18H2. The average molecular weight is 403 g/mol. The van der Waals surface area contributed by atoms with Crippen LogP contribution >= 0.6 is 0 Å². The summed E-state index contributed by atoms with van der Waals surface area (Å²) >= 11 is 0. The van der Waals surface area contributed by atoms with Gasteiger partial charge in [-0.2, -0.15) is 0 Å². The number of aromatic amines is 1. The highest BCUT2D eigenvalue weighted by atomic mass is 16.5. The van der Waals surface area contributed by atoms with Gasteiger partial charge >= 0.3 is 0 Å². The first kappa shape index (κ1) is 18.4. The summed E-state index contributed by atoms with van der Waals surface area (Å²) in [5.41, 5.74) is 3.79. The van der Waals surface area contributed by atoms with E-state index in [0.717, 1.165) is 62.7 Å². The first-order valence-electron chi connectivity index (χ1n) is 11.4. The van der Waals surface area contributed by atoms with Crippen molar-refractivity contribution in [1.29, 1.82) is 0 Å². The largest absolute Gasteiger partial charge is 0.486 e. The van der Waals surface area contributed by atoms with Gasteiger partial charge in [-0.15, -0.1) is 0 Å². The van der Waals surface area contributed by atoms with Gasteiger partial charge in [0.2, 0.25) is 0 Å². The zero-order chi connectivity index (χ0) is 20.0. The number of aromatic nitrogens is 2. The number of H-pyrrole nitrogens is 1. The smallest absolute Gasteiger partial charge is 0.124 e. The summed E-state index contributed by atoms with van der Waals surface area (Å²) in [4.78, 5) is 12.8. The van der Waals surface area contributed by atoms with Crippen molar-refractivity contribution in [3.63, 3.8) is 0 Å². The van der Waals surface area contributed by atoms with Crippen molar-refractivity contribution in [1.82, 2.24) is 19.8 Å². The number of piperidine rings is 1. The number of benzene rings is 1. The maximum Gasteiger partial charge on any atom is 0.124 e. The fourth-order valence-electron chi connectivity index (χ4n) is 5.28. The lowest BCUT2D eigenvalue weighted by Gasteiger charge is -2.43. The first-order chi connectivity index (χ1) is 14.8. The maximum absolute atomic E-state index is 6.79. The minimum absolute atomic E-state index is 0.0534. The molecule has 6 rings (SSSR count). The van der Waals surface area contributed by atoms with Crippen molar-refractivity contribution in [2.45, 2.75) is 44.4 Å². The van der Waals surface area contributed by atoms with Crippen LogP contribution in [0.15, 0.2) is 48.9 Å². The van der Waals surface area contributed by atoms with E-state index in [1.54, 1.807) is 0 Å². The molecule has 0 amide bonds. The normalized spacial score (nSPS) is 22.0. The monoisotopic (exact) mass is 402 g/mol. The van der Waals surface area contributed by atoms with E-state index >= 15 is 0 Å². The van der Waals surface area contributed by atoms with Gasteiger partial charge in [-0.3, -0.25) is 14.8 Å². The molecule has 5 heteroatoms. The van der Waals surface area contributed by atoms with E-state index < -0.39 is 0 Å². The van der Waals surface area contributed by atoms with Crippen LogP contribution < -0.4 is 4.74 Å². The highest BCUT2D eigenvalue weighted by Crippen LogP contribution is 2.38. The number of pyridine rings is 1. The Balaban J connectivity index is 1.19. The number of fused-ring (bicyclic) bond motifs is 2. The van der Waals surface area contributed by atoms with Crippen molar-refractivity contribution in [3.8, 4) is 5.75 Å². The number of likely N-dealkylation sites (tertiary alicyclic amines) is 1. The molecule has 1 saturated carbocycles. The molecule has 3 aromatic rings. The van der Waals surface area contributed by atoms with Crippen LogP contribution in [0.3, 0.4) is 0 Å². The Kier molecular flexibility index (Phi) is 4.54. The Bertz CT molecular complexity index is 1030. The van der Waals surface area contributed by atoms with Gasteiger partial charge in [0.25, 0.3) is 0 Å². The molecule has 0 atom stereocenters. The third kappa shape index (κ3) is 3.61. The molecule has 4 heterocycles. The molecule has 156 valence electrons. The Morgan fingerprint density at radius 3 is 2.83 bits per heavy atom. The van der Waals surface area contributed by atoms with E-state index in [-0.39, 0.29) is 5.60 Å². The van der Waals surface area contributed by atoms with Gasteiger partial charge < -0.3 is 9.72 Å². The van der Waals surface area contributed by atoms with Crippen molar-refractivity contribution in [3.05, 3.63) is 60.0 Å². The zero-order valence-corrected chi connectivity index (χ0v) is 17.5. The molecule has 0 unspecified atom stereocenters. The lowest BCUT2D eigenvalue weighted by molar-refractivity contribution is -0.0205. The molecule has 5 nitrogen and oxygen atoms in total. The van der Waals surface area contributed by atoms with Crippen LogP contribution in [0.4, 0.5) is 0 Å². The minimum atomic E-state index is -0.0534. The lowest BCUT2D eigenvalue weighted by Crippen LogP contribution is -2.53. The van der Waals surface area contributed by atoms with E-state index in [1.807, 2.05) is 12.4 Å². The first-order valence-corrected chi connectivity index (χ1v) is 11.4. The summed E-state index contributed by atoms with van der Waals surface area (Å²) in [6.07, 6.45) is 10.9. The topological polar surface area (TPSA) is 44.4 Å². The molecule has 2 fully saturated rings. The molecule has 1 saturated heterocycles. The second kappa shape index (κ2) is 7.40. The number of rotatable bonds is 4. The van der Waals surface area contributed by atoms with Gasteiger partial charge in [-0.05, 0) is 36.5 Å². The number of hydrogen-bond acceptors (Lipinski definition) is 4. The number of hydrogen-bond donors (Lipinski definition) is 1. The van der Waals surface area contributed by atoms with Gasteiger partial charge in [0.1, 0.15) is 11.4 Å². The summed E-state index contributed by atoms with van der Waals surface area (Å²) in [5.74, 6) is 2.01. The third-order valence-electron chi connectivity index (χ3n) is 7.15. The van der Waals surface area contributed by atoms with E-state index in [2.05, 4.69) is 56.3 Å². The van der Waals surface area contributed by atoms with Gasteiger partial charge in [0.15, 0.2) is 0 Å². The quantitative estimate of drug-likeness (QED) is 0.710. The van der Waals surface area contributed by atoms with Crippen LogP contribution in [0.5, 0.6) is 5.75 Å². The predicted octanol–water partition coefficient (Wildman–Crippen LogP) is 4.20. The fourth-order valence-corrected chi connectivity index (χ4v) is 5.28. The zero-order valence-electron chi connectivity index (χ0n) is 17.5. The summed E-state index contributed by atoms with van der Waals surface area (Å²) in [5, 5.41) is 1.29. The number of ether oxygens (including phenoxy) is 1. The molecular formula is C25H30N4O. The molecule has 2 aromatic heterocycles. The summed E-state index contributed by atoms with van der Waals surface area (Å²) in [6, 6.07) is 10.8.